The van der Waals surface area contributed by atoms with Gasteiger partial charge in [0, 0.05) is 34.8 Å². The van der Waals surface area contributed by atoms with Crippen molar-refractivity contribution in [2.75, 3.05) is 17.7 Å². The number of ketones is 1. The molecule has 1 aliphatic heterocycles. The van der Waals surface area contributed by atoms with E-state index in [1.54, 1.807) is 17.4 Å². The Balaban J connectivity index is 1.36. The second-order valence-electron chi connectivity index (χ2n) is 8.75. The lowest BCUT2D eigenvalue weighted by molar-refractivity contribution is -0.112. The molecule has 0 radical (unpaired) electrons. The number of aryl methyl sites for hydroxylation is 2. The van der Waals surface area contributed by atoms with Gasteiger partial charge in [0.1, 0.15) is 4.83 Å². The first-order valence-electron chi connectivity index (χ1n) is 10.6. The van der Waals surface area contributed by atoms with E-state index in [4.69, 9.17) is 0 Å². The van der Waals surface area contributed by atoms with E-state index in [0.29, 0.717) is 5.16 Å². The number of rotatable bonds is 4. The Labute approximate surface area is 189 Å². The number of likely N-dealkylation sites (N-methyl/N-ethyl adjacent to an activating group) is 1. The fraction of sp³-hybridized carbons (Fsp3) is 0.375. The molecule has 7 heteroatoms. The van der Waals surface area contributed by atoms with E-state index in [1.165, 1.54) is 34.2 Å². The van der Waals surface area contributed by atoms with Crippen LogP contribution in [0, 0.1) is 0 Å². The van der Waals surface area contributed by atoms with Crippen LogP contribution in [0.4, 0.5) is 5.69 Å². The highest BCUT2D eigenvalue weighted by Gasteiger charge is 2.38. The minimum absolute atomic E-state index is 0.0148. The normalized spacial score (nSPS) is 18.4. The molecule has 0 spiro atoms. The third-order valence-electron chi connectivity index (χ3n) is 6.39. The molecule has 5 rings (SSSR count). The number of nitrogens with zero attached hydrogens (tertiary/aromatic N) is 2. The van der Waals surface area contributed by atoms with Crippen LogP contribution < -0.4 is 10.5 Å². The fourth-order valence-electron chi connectivity index (χ4n) is 4.81. The van der Waals surface area contributed by atoms with Crippen LogP contribution >= 0.6 is 23.1 Å². The second kappa shape index (κ2) is 7.64. The predicted molar refractivity (Wildman–Crippen MR) is 129 cm³/mol. The molecule has 3 heterocycles. The number of benzene rings is 1. The Morgan fingerprint density at radius 3 is 2.87 bits per heavy atom. The van der Waals surface area contributed by atoms with Crippen LogP contribution in [-0.2, 0) is 23.1 Å². The van der Waals surface area contributed by atoms with Crippen LogP contribution in [0.5, 0.6) is 0 Å². The highest BCUT2D eigenvalue weighted by molar-refractivity contribution is 7.99. The number of para-hydroxylation sites is 1. The van der Waals surface area contributed by atoms with Crippen molar-refractivity contribution in [2.45, 2.75) is 50.1 Å². The average Bonchev–Trinajstić information content (AvgIpc) is 3.22. The number of nitrogens with one attached hydrogen (secondary N) is 1. The minimum atomic E-state index is -0.229. The number of thioether (sulfide) groups is 1. The molecule has 0 bridgehead atoms. The lowest BCUT2D eigenvalue weighted by atomic mass is 9.83. The minimum Gasteiger partial charge on any atom is -0.347 e. The van der Waals surface area contributed by atoms with Crippen molar-refractivity contribution in [3.05, 3.63) is 62.4 Å². The van der Waals surface area contributed by atoms with Gasteiger partial charge in [-0.25, -0.2) is 4.98 Å². The van der Waals surface area contributed by atoms with Gasteiger partial charge in [0.2, 0.25) is 0 Å². The topological polar surface area (TPSA) is 66.1 Å². The van der Waals surface area contributed by atoms with Gasteiger partial charge in [-0.1, -0.05) is 43.8 Å². The number of anilines is 1. The Morgan fingerprint density at radius 1 is 1.29 bits per heavy atom. The van der Waals surface area contributed by atoms with E-state index in [-0.39, 0.29) is 22.5 Å². The van der Waals surface area contributed by atoms with Crippen molar-refractivity contribution >= 4 is 44.8 Å². The number of aromatic amines is 1. The van der Waals surface area contributed by atoms with Crippen molar-refractivity contribution in [2.24, 2.45) is 0 Å². The molecule has 0 unspecified atom stereocenters. The lowest BCUT2D eigenvalue weighted by Gasteiger charge is -2.23. The molecule has 1 aromatic carbocycles. The Kier molecular flexibility index (Phi) is 5.06. The summed E-state index contributed by atoms with van der Waals surface area (Å²) in [5, 5.41) is 1.27. The van der Waals surface area contributed by atoms with Crippen molar-refractivity contribution in [3.8, 4) is 0 Å². The van der Waals surface area contributed by atoms with E-state index in [1.807, 2.05) is 19.2 Å². The van der Waals surface area contributed by atoms with Crippen molar-refractivity contribution < 1.29 is 4.79 Å². The summed E-state index contributed by atoms with van der Waals surface area (Å²) in [6, 6.07) is 8.26. The van der Waals surface area contributed by atoms with E-state index in [2.05, 4.69) is 40.8 Å². The molecule has 0 amide bonds. The van der Waals surface area contributed by atoms with Crippen LogP contribution in [-0.4, -0.2) is 28.6 Å². The third-order valence-corrected chi connectivity index (χ3v) is 8.47. The largest absolute Gasteiger partial charge is 0.347 e. The van der Waals surface area contributed by atoms with E-state index >= 15 is 0 Å². The molecule has 0 saturated heterocycles. The summed E-state index contributed by atoms with van der Waals surface area (Å²) in [6.07, 6.45) is 6.05. The summed E-state index contributed by atoms with van der Waals surface area (Å²) in [6.45, 7) is 4.29. The van der Waals surface area contributed by atoms with E-state index in [9.17, 15) is 9.59 Å². The van der Waals surface area contributed by atoms with Crippen molar-refractivity contribution in [1.82, 2.24) is 9.97 Å². The molecule has 31 heavy (non-hydrogen) atoms. The molecular formula is C24H25N3O2S2. The van der Waals surface area contributed by atoms with Crippen LogP contribution in [0.15, 0.2) is 46.0 Å². The third kappa shape index (κ3) is 3.44. The molecule has 5 nitrogen and oxygen atoms in total. The molecule has 160 valence electrons. The van der Waals surface area contributed by atoms with Crippen molar-refractivity contribution in [1.29, 1.82) is 0 Å². The lowest BCUT2D eigenvalue weighted by Crippen LogP contribution is -2.24. The van der Waals surface area contributed by atoms with Gasteiger partial charge in [-0.2, -0.15) is 0 Å². The second-order valence-corrected chi connectivity index (χ2v) is 10.8. The highest BCUT2D eigenvalue weighted by Crippen LogP contribution is 2.46. The smallest absolute Gasteiger partial charge is 0.260 e. The van der Waals surface area contributed by atoms with Gasteiger partial charge in [-0.05, 0) is 42.9 Å². The van der Waals surface area contributed by atoms with Crippen LogP contribution in [0.2, 0.25) is 0 Å². The van der Waals surface area contributed by atoms with Crippen LogP contribution in [0.3, 0.4) is 0 Å². The van der Waals surface area contributed by atoms with Crippen molar-refractivity contribution in [3.63, 3.8) is 0 Å². The zero-order chi connectivity index (χ0) is 21.8. The fourth-order valence-corrected chi connectivity index (χ4v) is 6.81. The van der Waals surface area contributed by atoms with Gasteiger partial charge >= 0.3 is 0 Å². The number of allylic oxidation sites excluding steroid dienone is 2. The Morgan fingerprint density at radius 2 is 2.06 bits per heavy atom. The average molecular weight is 452 g/mol. The summed E-state index contributed by atoms with van der Waals surface area (Å²) < 4.78 is 0. The first-order chi connectivity index (χ1) is 14.9. The van der Waals surface area contributed by atoms with Gasteiger partial charge in [0.15, 0.2) is 10.9 Å². The molecule has 0 fully saturated rings. The number of thiophene rings is 1. The number of hydrogen-bond donors (Lipinski definition) is 1. The summed E-state index contributed by atoms with van der Waals surface area (Å²) in [4.78, 5) is 37.3. The summed E-state index contributed by atoms with van der Waals surface area (Å²) in [5.41, 5.74) is 4.22. The van der Waals surface area contributed by atoms with E-state index in [0.717, 1.165) is 40.9 Å². The number of carbonyl (C=O) groups is 1. The molecule has 1 aliphatic carbocycles. The molecule has 3 aromatic rings. The van der Waals surface area contributed by atoms with E-state index < -0.39 is 0 Å². The highest BCUT2D eigenvalue weighted by atomic mass is 32.2. The molecule has 0 atom stereocenters. The van der Waals surface area contributed by atoms with Gasteiger partial charge in [-0.3, -0.25) is 9.59 Å². The summed E-state index contributed by atoms with van der Waals surface area (Å²) in [7, 11) is 2.01. The molecule has 2 aliphatic rings. The molecular weight excluding hydrogens is 426 g/mol. The number of carbonyl (C=O) groups excluding carboxylic acids is 1. The molecule has 2 aromatic heterocycles. The molecule has 1 N–H and O–H groups in total. The predicted octanol–water partition coefficient (Wildman–Crippen LogP) is 4.84. The quantitative estimate of drug-likeness (QED) is 0.349. The molecule has 0 saturated carbocycles. The first kappa shape index (κ1) is 20.5. The monoisotopic (exact) mass is 451 g/mol. The van der Waals surface area contributed by atoms with Crippen LogP contribution in [0.1, 0.15) is 42.7 Å². The maximum Gasteiger partial charge on any atom is 0.260 e. The van der Waals surface area contributed by atoms with Gasteiger partial charge in [0.05, 0.1) is 11.1 Å². The number of H-pyrrole nitrogens is 1. The standard InChI is InChI=1S/C24H25N3O2S2/c1-24(2)16-9-5-6-10-17(16)27(3)19(24)12-14(28)13-30-23-25-21(29)20-15-8-4-7-11-18(15)31-22(20)26-23/h5-6,9-10,12H,4,7-8,11,13H2,1-3H3,(H,25,26,29). The van der Waals surface area contributed by atoms with Gasteiger partial charge in [-0.15, -0.1) is 11.3 Å². The van der Waals surface area contributed by atoms with Gasteiger partial charge < -0.3 is 9.88 Å². The summed E-state index contributed by atoms with van der Waals surface area (Å²) >= 11 is 2.93. The number of fused-ring (bicyclic) bond motifs is 4. The maximum absolute atomic E-state index is 12.8. The Bertz CT molecular complexity index is 1290. The van der Waals surface area contributed by atoms with Crippen LogP contribution in [0.25, 0.3) is 10.2 Å². The SMILES string of the molecule is CN1C(=CC(=O)CSc2nc3sc4c(c3c(=O)[nH]2)CCCC4)C(C)(C)c2ccccc21. The number of aromatic nitrogens is 2. The summed E-state index contributed by atoms with van der Waals surface area (Å²) in [5.74, 6) is 0.254. The zero-order valence-electron chi connectivity index (χ0n) is 17.9. The zero-order valence-corrected chi connectivity index (χ0v) is 19.6. The maximum atomic E-state index is 12.8. The number of hydrogen-bond acceptors (Lipinski definition) is 6. The van der Waals surface area contributed by atoms with Gasteiger partial charge in [0.25, 0.3) is 5.56 Å². The first-order valence-corrected chi connectivity index (χ1v) is 12.4. The Hall–Kier alpha value is -2.38.